The van der Waals surface area contributed by atoms with Gasteiger partial charge in [-0.3, -0.25) is 4.79 Å². The van der Waals surface area contributed by atoms with Gasteiger partial charge in [0.05, 0.1) is 18.1 Å². The zero-order chi connectivity index (χ0) is 22.3. The number of rotatable bonds is 7. The predicted molar refractivity (Wildman–Crippen MR) is 122 cm³/mol. The highest BCUT2D eigenvalue weighted by Gasteiger charge is 2.60. The highest BCUT2D eigenvalue weighted by atomic mass is 32.2. The van der Waals surface area contributed by atoms with E-state index in [0.29, 0.717) is 11.2 Å². The number of likely N-dealkylation sites (tertiary alicyclic amines) is 1. The minimum Gasteiger partial charge on any atom is -0.477 e. The van der Waals surface area contributed by atoms with Crippen LogP contribution in [0.1, 0.15) is 46.0 Å². The molecular formula is C23H35N3O4S. The summed E-state index contributed by atoms with van der Waals surface area (Å²) < 4.78 is 0. The average Bonchev–Trinajstić information content (AvgIpc) is 3.25. The molecule has 31 heavy (non-hydrogen) atoms. The molecule has 0 spiro atoms. The van der Waals surface area contributed by atoms with E-state index in [-0.39, 0.29) is 23.6 Å². The number of aliphatic carboxylic acids is 1. The van der Waals surface area contributed by atoms with Crippen LogP contribution < -0.4 is 0 Å². The first kappa shape index (κ1) is 22.8. The third-order valence-corrected chi connectivity index (χ3v) is 9.14. The van der Waals surface area contributed by atoms with Gasteiger partial charge in [-0.2, -0.15) is 0 Å². The van der Waals surface area contributed by atoms with Crippen LogP contribution in [0.5, 0.6) is 0 Å². The lowest BCUT2D eigenvalue weighted by Gasteiger charge is -2.46. The number of nitrogens with zero attached hydrogens (tertiary/aromatic N) is 3. The monoisotopic (exact) mass is 449 g/mol. The fourth-order valence-electron chi connectivity index (χ4n) is 6.01. The van der Waals surface area contributed by atoms with Crippen molar-refractivity contribution in [2.24, 2.45) is 28.7 Å². The molecule has 0 aromatic carbocycles. The third-order valence-electron chi connectivity index (χ3n) is 7.60. The van der Waals surface area contributed by atoms with Crippen molar-refractivity contribution in [1.29, 1.82) is 0 Å². The summed E-state index contributed by atoms with van der Waals surface area (Å²) in [4.78, 5) is 33.5. The van der Waals surface area contributed by atoms with Crippen molar-refractivity contribution in [3.05, 3.63) is 10.6 Å². The van der Waals surface area contributed by atoms with E-state index in [1.165, 1.54) is 30.6 Å². The molecule has 1 saturated carbocycles. The second-order valence-electron chi connectivity index (χ2n) is 9.75. The quantitative estimate of drug-likeness (QED) is 0.458. The number of aliphatic hydroxyl groups excluding tert-OH is 1. The number of carboxylic acid groups (broad SMARTS) is 1. The third kappa shape index (κ3) is 4.31. The van der Waals surface area contributed by atoms with Crippen LogP contribution >= 0.6 is 11.8 Å². The normalized spacial score (nSPS) is 37.4. The maximum atomic E-state index is 12.5. The predicted octanol–water partition coefficient (Wildman–Crippen LogP) is 2.45. The lowest BCUT2D eigenvalue weighted by molar-refractivity contribution is -0.163. The minimum absolute atomic E-state index is 0.0436. The number of β-lactam (4-membered cyclic amide) rings is 1. The number of carbonyl (C=O) groups excluding carboxylic acids is 1. The van der Waals surface area contributed by atoms with Crippen molar-refractivity contribution in [2.45, 2.75) is 63.3 Å². The highest BCUT2D eigenvalue weighted by molar-refractivity contribution is 8.03. The van der Waals surface area contributed by atoms with Gasteiger partial charge in [0.1, 0.15) is 5.70 Å². The fourth-order valence-corrected chi connectivity index (χ4v) is 7.53. The summed E-state index contributed by atoms with van der Waals surface area (Å²) in [5, 5.41) is 20.2. The Balaban J connectivity index is 1.35. The highest BCUT2D eigenvalue weighted by Crippen LogP contribution is 2.52. The number of amides is 1. The maximum absolute atomic E-state index is 12.5. The van der Waals surface area contributed by atoms with Crippen molar-refractivity contribution in [2.75, 3.05) is 26.7 Å². The summed E-state index contributed by atoms with van der Waals surface area (Å²) in [6.45, 7) is 6.78. The molecule has 4 rings (SSSR count). The number of carbonyl (C=O) groups is 2. The number of aliphatic hydroxyl groups is 1. The lowest BCUT2D eigenvalue weighted by Crippen LogP contribution is -2.63. The van der Waals surface area contributed by atoms with Gasteiger partial charge >= 0.3 is 5.97 Å². The molecule has 3 fully saturated rings. The molecule has 0 bridgehead atoms. The molecular weight excluding hydrogens is 414 g/mol. The number of fused-ring (bicyclic) bond motifs is 1. The van der Waals surface area contributed by atoms with Crippen molar-refractivity contribution in [1.82, 2.24) is 9.80 Å². The van der Waals surface area contributed by atoms with Gasteiger partial charge in [-0.25, -0.2) is 4.79 Å². The van der Waals surface area contributed by atoms with Crippen molar-refractivity contribution in [3.63, 3.8) is 0 Å². The molecule has 1 amide bonds. The Morgan fingerprint density at radius 1 is 1.29 bits per heavy atom. The number of thioether (sulfide) groups is 1. The first-order chi connectivity index (χ1) is 14.8. The van der Waals surface area contributed by atoms with Gasteiger partial charge in [0.15, 0.2) is 0 Å². The maximum Gasteiger partial charge on any atom is 0.353 e. The molecule has 3 heterocycles. The minimum atomic E-state index is -1.03. The van der Waals surface area contributed by atoms with E-state index in [0.717, 1.165) is 36.9 Å². The van der Waals surface area contributed by atoms with Crippen molar-refractivity contribution in [3.8, 4) is 0 Å². The average molecular weight is 450 g/mol. The molecule has 0 aromatic heterocycles. The smallest absolute Gasteiger partial charge is 0.353 e. The van der Waals surface area contributed by atoms with Gasteiger partial charge in [-0.15, -0.1) is 11.8 Å². The Morgan fingerprint density at radius 2 is 2.00 bits per heavy atom. The van der Waals surface area contributed by atoms with Gasteiger partial charge in [0.25, 0.3) is 0 Å². The summed E-state index contributed by atoms with van der Waals surface area (Å²) in [5.41, 5.74) is 0.152. The van der Waals surface area contributed by atoms with E-state index in [1.54, 1.807) is 18.7 Å². The molecule has 8 heteroatoms. The summed E-state index contributed by atoms with van der Waals surface area (Å²) in [6, 6.07) is -0.222. The van der Waals surface area contributed by atoms with Gasteiger partial charge in [-0.05, 0) is 57.4 Å². The van der Waals surface area contributed by atoms with Crippen LogP contribution in [0.3, 0.4) is 0 Å². The molecule has 2 saturated heterocycles. The Bertz CT molecular complexity index is 775. The molecule has 0 aromatic rings. The first-order valence-corrected chi connectivity index (χ1v) is 12.5. The van der Waals surface area contributed by atoms with Gasteiger partial charge < -0.3 is 25.0 Å². The molecule has 1 aliphatic carbocycles. The van der Waals surface area contributed by atoms with E-state index in [4.69, 9.17) is 0 Å². The summed E-state index contributed by atoms with van der Waals surface area (Å²) in [6.07, 6.45) is 7.38. The van der Waals surface area contributed by atoms with E-state index >= 15 is 0 Å². The molecule has 3 aliphatic heterocycles. The molecule has 0 unspecified atom stereocenters. The molecule has 7 nitrogen and oxygen atoms in total. The van der Waals surface area contributed by atoms with E-state index in [9.17, 15) is 19.8 Å². The molecule has 2 N–H and O–H groups in total. The Kier molecular flexibility index (Phi) is 6.79. The molecule has 5 atom stereocenters. The van der Waals surface area contributed by atoms with Crippen LogP contribution in [-0.2, 0) is 9.59 Å². The zero-order valence-corrected chi connectivity index (χ0v) is 19.6. The van der Waals surface area contributed by atoms with E-state index in [2.05, 4.69) is 16.1 Å². The summed E-state index contributed by atoms with van der Waals surface area (Å²) in [5.74, 6) is -0.427. The van der Waals surface area contributed by atoms with Crippen LogP contribution in [0.15, 0.2) is 15.6 Å². The second-order valence-corrected chi connectivity index (χ2v) is 11.1. The fraction of sp³-hybridized carbons (Fsp3) is 0.783. The van der Waals surface area contributed by atoms with Crippen LogP contribution in [-0.4, -0.2) is 82.2 Å². The summed E-state index contributed by atoms with van der Waals surface area (Å²) in [7, 11) is 1.85. The standard InChI is InChI=1S/C23H35N3O4S/c1-13-19-18(14(2)27)22(28)26(19)20(23(29)30)21(13)31-17-8-9-25(12-17)11-16-6-4-15(5-7-16)10-24-3/h10,13-19,27H,4-9,11-12H2,1-3H3,(H,29,30)/b24-10+/t13-,14-,15?,16?,17-,18-,19-/m1/s1. The largest absolute Gasteiger partial charge is 0.477 e. The number of aliphatic imine (C=N–C) groups is 1. The van der Waals surface area contributed by atoms with Crippen molar-refractivity contribution < 1.29 is 19.8 Å². The van der Waals surface area contributed by atoms with E-state index in [1.807, 2.05) is 14.0 Å². The van der Waals surface area contributed by atoms with Crippen LogP contribution in [0.2, 0.25) is 0 Å². The Morgan fingerprint density at radius 3 is 2.61 bits per heavy atom. The number of hydrogen-bond acceptors (Lipinski definition) is 6. The van der Waals surface area contributed by atoms with Gasteiger partial charge in [0.2, 0.25) is 5.91 Å². The zero-order valence-electron chi connectivity index (χ0n) is 18.7. The molecule has 0 radical (unpaired) electrons. The van der Waals surface area contributed by atoms with Crippen LogP contribution in [0.25, 0.3) is 0 Å². The second kappa shape index (κ2) is 9.24. The van der Waals surface area contributed by atoms with Gasteiger partial charge in [0, 0.05) is 42.4 Å². The SMILES string of the molecule is C/N=C/C1CCC(CN2CC[C@@H](SC3=C(C(=O)O)N4C(=O)[C@H]([C@@H](C)O)[C@H]4[C@H]3C)C2)CC1. The topological polar surface area (TPSA) is 93.4 Å². The Labute approximate surface area is 189 Å². The van der Waals surface area contributed by atoms with Crippen LogP contribution in [0.4, 0.5) is 0 Å². The van der Waals surface area contributed by atoms with E-state index < -0.39 is 18.0 Å². The Hall–Kier alpha value is -1.38. The van der Waals surface area contributed by atoms with Crippen molar-refractivity contribution >= 4 is 29.9 Å². The number of carboxylic acids is 1. The lowest BCUT2D eigenvalue weighted by atomic mass is 9.79. The summed E-state index contributed by atoms with van der Waals surface area (Å²) >= 11 is 1.66. The molecule has 172 valence electrons. The molecule has 4 aliphatic rings. The number of hydrogen-bond donors (Lipinski definition) is 2. The first-order valence-electron chi connectivity index (χ1n) is 11.6. The van der Waals surface area contributed by atoms with Crippen LogP contribution in [0, 0.1) is 23.7 Å². The van der Waals surface area contributed by atoms with Gasteiger partial charge in [-0.1, -0.05) is 6.92 Å².